The van der Waals surface area contributed by atoms with Crippen LogP contribution >= 0.6 is 23.1 Å². The average Bonchev–Trinajstić information content (AvgIpc) is 3.36. The molecule has 1 amide bonds. The molecule has 5 heteroatoms. The first kappa shape index (κ1) is 19.2. The van der Waals surface area contributed by atoms with Gasteiger partial charge in [0.15, 0.2) is 0 Å². The summed E-state index contributed by atoms with van der Waals surface area (Å²) in [6.45, 7) is 4.95. The largest absolute Gasteiger partial charge is 0.332 e. The van der Waals surface area contributed by atoms with E-state index in [4.69, 9.17) is 0 Å². The van der Waals surface area contributed by atoms with Crippen molar-refractivity contribution in [2.24, 2.45) is 0 Å². The first-order chi connectivity index (χ1) is 13.6. The molecule has 0 N–H and O–H groups in total. The zero-order chi connectivity index (χ0) is 19.5. The van der Waals surface area contributed by atoms with Crippen LogP contribution in [0, 0.1) is 13.8 Å². The van der Waals surface area contributed by atoms with Crippen LogP contribution in [0.5, 0.6) is 0 Å². The van der Waals surface area contributed by atoms with Gasteiger partial charge in [-0.15, -0.1) is 23.1 Å². The number of hydrogen-bond acceptors (Lipinski definition) is 4. The standard InChI is InChI=1S/C23H24N2OS2/c1-16-5-7-18(8-6-16)22-4-3-13-25(22)23(26)19-9-11-21(12-10-19)28-15-20-14-27-17(2)24-20/h5-12,14,22H,3-4,13,15H2,1-2H3. The molecule has 1 unspecified atom stereocenters. The minimum absolute atomic E-state index is 0.134. The summed E-state index contributed by atoms with van der Waals surface area (Å²) in [6.07, 6.45) is 2.10. The number of thioether (sulfide) groups is 1. The Balaban J connectivity index is 1.43. The van der Waals surface area contributed by atoms with Crippen LogP contribution in [0.15, 0.2) is 58.8 Å². The van der Waals surface area contributed by atoms with Gasteiger partial charge in [0.05, 0.1) is 16.7 Å². The predicted octanol–water partition coefficient (Wildman–Crippen LogP) is 6.03. The molecule has 1 aromatic heterocycles. The van der Waals surface area contributed by atoms with Gasteiger partial charge in [0.1, 0.15) is 0 Å². The molecule has 4 rings (SSSR count). The Kier molecular flexibility index (Phi) is 5.83. The van der Waals surface area contributed by atoms with Crippen LogP contribution in [0.4, 0.5) is 0 Å². The maximum absolute atomic E-state index is 13.1. The highest BCUT2D eigenvalue weighted by Gasteiger charge is 2.30. The molecule has 28 heavy (non-hydrogen) atoms. The fraction of sp³-hybridized carbons (Fsp3) is 0.304. The van der Waals surface area contributed by atoms with Crippen molar-refractivity contribution >= 4 is 29.0 Å². The fourth-order valence-corrected chi connectivity index (χ4v) is 5.15. The summed E-state index contributed by atoms with van der Waals surface area (Å²) in [7, 11) is 0. The fourth-order valence-electron chi connectivity index (χ4n) is 3.64. The smallest absolute Gasteiger partial charge is 0.254 e. The molecule has 0 saturated carbocycles. The van der Waals surface area contributed by atoms with Crippen LogP contribution < -0.4 is 0 Å². The molecular weight excluding hydrogens is 384 g/mol. The van der Waals surface area contributed by atoms with Gasteiger partial charge in [0.25, 0.3) is 5.91 Å². The van der Waals surface area contributed by atoms with E-state index in [0.717, 1.165) is 41.4 Å². The Morgan fingerprint density at radius 3 is 2.57 bits per heavy atom. The maximum Gasteiger partial charge on any atom is 0.254 e. The van der Waals surface area contributed by atoms with E-state index in [9.17, 15) is 4.79 Å². The van der Waals surface area contributed by atoms with Gasteiger partial charge in [0, 0.05) is 28.1 Å². The number of thiazole rings is 1. The zero-order valence-corrected chi connectivity index (χ0v) is 17.9. The number of carbonyl (C=O) groups is 1. The SMILES string of the molecule is Cc1ccc(C2CCCN2C(=O)c2ccc(SCc3csc(C)n3)cc2)cc1. The quantitative estimate of drug-likeness (QED) is 0.483. The number of benzene rings is 2. The van der Waals surface area contributed by atoms with Crippen LogP contribution in [-0.4, -0.2) is 22.3 Å². The van der Waals surface area contributed by atoms with Crippen molar-refractivity contribution in [2.75, 3.05) is 6.54 Å². The molecule has 1 saturated heterocycles. The molecule has 3 aromatic rings. The third kappa shape index (κ3) is 4.31. The highest BCUT2D eigenvalue weighted by atomic mass is 32.2. The molecular formula is C23H24N2OS2. The second-order valence-corrected chi connectivity index (χ2v) is 9.35. The van der Waals surface area contributed by atoms with Crippen molar-refractivity contribution in [3.8, 4) is 0 Å². The Bertz CT molecular complexity index is 947. The Hall–Kier alpha value is -2.11. The lowest BCUT2D eigenvalue weighted by molar-refractivity contribution is 0.0735. The van der Waals surface area contributed by atoms with Crippen molar-refractivity contribution in [3.63, 3.8) is 0 Å². The number of rotatable bonds is 5. The molecule has 0 radical (unpaired) electrons. The number of aromatic nitrogens is 1. The van der Waals surface area contributed by atoms with E-state index in [1.165, 1.54) is 16.0 Å². The second kappa shape index (κ2) is 8.50. The number of hydrogen-bond donors (Lipinski definition) is 0. The topological polar surface area (TPSA) is 33.2 Å². The maximum atomic E-state index is 13.1. The van der Waals surface area contributed by atoms with E-state index in [1.807, 2.05) is 36.1 Å². The predicted molar refractivity (Wildman–Crippen MR) is 117 cm³/mol. The van der Waals surface area contributed by atoms with Crippen molar-refractivity contribution in [1.82, 2.24) is 9.88 Å². The number of amides is 1. The van der Waals surface area contributed by atoms with Crippen molar-refractivity contribution in [1.29, 1.82) is 0 Å². The van der Waals surface area contributed by atoms with Gasteiger partial charge in [-0.25, -0.2) is 4.98 Å². The monoisotopic (exact) mass is 408 g/mol. The normalized spacial score (nSPS) is 16.5. The summed E-state index contributed by atoms with van der Waals surface area (Å²) in [6, 6.07) is 16.8. The molecule has 1 atom stereocenters. The Morgan fingerprint density at radius 2 is 1.89 bits per heavy atom. The van der Waals surface area contributed by atoms with Crippen molar-refractivity contribution in [3.05, 3.63) is 81.3 Å². The van der Waals surface area contributed by atoms with Crippen LogP contribution in [-0.2, 0) is 5.75 Å². The van der Waals surface area contributed by atoms with Gasteiger partial charge in [-0.05, 0) is 56.5 Å². The molecule has 2 aromatic carbocycles. The van der Waals surface area contributed by atoms with E-state index in [-0.39, 0.29) is 11.9 Å². The highest BCUT2D eigenvalue weighted by Crippen LogP contribution is 2.33. The summed E-state index contributed by atoms with van der Waals surface area (Å²) >= 11 is 3.44. The molecule has 2 heterocycles. The van der Waals surface area contributed by atoms with E-state index in [1.54, 1.807) is 23.1 Å². The molecule has 0 bridgehead atoms. The highest BCUT2D eigenvalue weighted by molar-refractivity contribution is 7.98. The number of likely N-dealkylation sites (tertiary alicyclic amines) is 1. The van der Waals surface area contributed by atoms with E-state index < -0.39 is 0 Å². The minimum Gasteiger partial charge on any atom is -0.332 e. The minimum atomic E-state index is 0.134. The van der Waals surface area contributed by atoms with Gasteiger partial charge in [0.2, 0.25) is 0 Å². The average molecular weight is 409 g/mol. The third-order valence-electron chi connectivity index (χ3n) is 5.13. The molecule has 1 aliphatic heterocycles. The molecule has 3 nitrogen and oxygen atoms in total. The molecule has 0 aliphatic carbocycles. The van der Waals surface area contributed by atoms with Crippen LogP contribution in [0.2, 0.25) is 0 Å². The van der Waals surface area contributed by atoms with Gasteiger partial charge < -0.3 is 4.90 Å². The Labute approximate surface area is 174 Å². The number of nitrogens with zero attached hydrogens (tertiary/aromatic N) is 2. The zero-order valence-electron chi connectivity index (χ0n) is 16.2. The van der Waals surface area contributed by atoms with Gasteiger partial charge in [-0.1, -0.05) is 29.8 Å². The summed E-state index contributed by atoms with van der Waals surface area (Å²) in [5.74, 6) is 0.994. The van der Waals surface area contributed by atoms with Crippen molar-refractivity contribution in [2.45, 2.75) is 43.4 Å². The third-order valence-corrected chi connectivity index (χ3v) is 7.00. The molecule has 1 fully saturated rings. The summed E-state index contributed by atoms with van der Waals surface area (Å²) in [4.78, 5) is 20.8. The summed E-state index contributed by atoms with van der Waals surface area (Å²) in [5, 5.41) is 3.21. The van der Waals surface area contributed by atoms with Crippen LogP contribution in [0.25, 0.3) is 0 Å². The molecule has 0 spiro atoms. The lowest BCUT2D eigenvalue weighted by Crippen LogP contribution is -2.30. The van der Waals surface area contributed by atoms with E-state index in [2.05, 4.69) is 41.6 Å². The molecule has 144 valence electrons. The lowest BCUT2D eigenvalue weighted by atomic mass is 10.0. The van der Waals surface area contributed by atoms with Gasteiger partial charge >= 0.3 is 0 Å². The second-order valence-electron chi connectivity index (χ2n) is 7.24. The van der Waals surface area contributed by atoms with Crippen molar-refractivity contribution < 1.29 is 4.79 Å². The van der Waals surface area contributed by atoms with E-state index >= 15 is 0 Å². The number of aryl methyl sites for hydroxylation is 2. The summed E-state index contributed by atoms with van der Waals surface area (Å²) in [5.41, 5.74) is 4.38. The van der Waals surface area contributed by atoms with E-state index in [0.29, 0.717) is 0 Å². The first-order valence-corrected chi connectivity index (χ1v) is 11.5. The number of carbonyl (C=O) groups excluding carboxylic acids is 1. The van der Waals surface area contributed by atoms with Gasteiger partial charge in [-0.2, -0.15) is 0 Å². The first-order valence-electron chi connectivity index (χ1n) is 9.61. The molecule has 1 aliphatic rings. The van der Waals surface area contributed by atoms with Crippen LogP contribution in [0.3, 0.4) is 0 Å². The van der Waals surface area contributed by atoms with Gasteiger partial charge in [-0.3, -0.25) is 4.79 Å². The lowest BCUT2D eigenvalue weighted by Gasteiger charge is -2.25. The summed E-state index contributed by atoms with van der Waals surface area (Å²) < 4.78 is 0. The Morgan fingerprint density at radius 1 is 1.14 bits per heavy atom. The van der Waals surface area contributed by atoms with Crippen LogP contribution in [0.1, 0.15) is 51.1 Å².